The van der Waals surface area contributed by atoms with Crippen molar-refractivity contribution in [3.05, 3.63) is 58.8 Å². The lowest BCUT2D eigenvalue weighted by atomic mass is 9.83. The number of nitrogens with one attached hydrogen (secondary N) is 1. The van der Waals surface area contributed by atoms with Crippen LogP contribution in [0.2, 0.25) is 0 Å². The molecular formula is C26H31NO6. The molecule has 0 aliphatic heterocycles. The maximum absolute atomic E-state index is 12.9. The molecule has 1 aromatic heterocycles. The van der Waals surface area contributed by atoms with Crippen LogP contribution in [0.25, 0.3) is 0 Å². The highest BCUT2D eigenvalue weighted by Gasteiger charge is 2.21. The van der Waals surface area contributed by atoms with E-state index >= 15 is 0 Å². The lowest BCUT2D eigenvalue weighted by molar-refractivity contribution is 0.0991. The number of benzene rings is 2. The number of aryl methyl sites for hydroxylation is 2. The van der Waals surface area contributed by atoms with Gasteiger partial charge in [-0.15, -0.1) is 0 Å². The van der Waals surface area contributed by atoms with Crippen molar-refractivity contribution < 1.29 is 28.2 Å². The lowest BCUT2D eigenvalue weighted by Gasteiger charge is -2.23. The second kappa shape index (κ2) is 9.48. The zero-order valence-electron chi connectivity index (χ0n) is 20.4. The van der Waals surface area contributed by atoms with Crippen LogP contribution >= 0.6 is 0 Å². The summed E-state index contributed by atoms with van der Waals surface area (Å²) < 4.78 is 27.7. The van der Waals surface area contributed by atoms with Gasteiger partial charge in [0.05, 0.1) is 21.3 Å². The van der Waals surface area contributed by atoms with E-state index in [1.807, 2.05) is 13.0 Å². The molecule has 0 fully saturated rings. The van der Waals surface area contributed by atoms with Gasteiger partial charge in [0.2, 0.25) is 0 Å². The van der Waals surface area contributed by atoms with Gasteiger partial charge in [-0.3, -0.25) is 4.79 Å². The molecular weight excluding hydrogens is 422 g/mol. The molecule has 0 aliphatic rings. The van der Waals surface area contributed by atoms with Crippen molar-refractivity contribution >= 4 is 11.6 Å². The largest absolute Gasteiger partial charge is 0.496 e. The predicted molar refractivity (Wildman–Crippen MR) is 127 cm³/mol. The normalized spacial score (nSPS) is 11.2. The van der Waals surface area contributed by atoms with E-state index in [0.29, 0.717) is 28.7 Å². The van der Waals surface area contributed by atoms with E-state index in [-0.39, 0.29) is 17.1 Å². The number of hydrogen-bond acceptors (Lipinski definition) is 6. The van der Waals surface area contributed by atoms with Crippen LogP contribution in [0.15, 0.2) is 40.8 Å². The number of ether oxygens (including phenoxy) is 4. The van der Waals surface area contributed by atoms with Crippen LogP contribution in [0.5, 0.6) is 28.9 Å². The van der Waals surface area contributed by atoms with Crippen molar-refractivity contribution in [1.29, 1.82) is 0 Å². The maximum Gasteiger partial charge on any atom is 0.291 e. The first-order chi connectivity index (χ1) is 15.6. The van der Waals surface area contributed by atoms with Crippen LogP contribution in [-0.2, 0) is 5.41 Å². The molecule has 0 bridgehead atoms. The van der Waals surface area contributed by atoms with E-state index in [1.165, 1.54) is 32.5 Å². The Morgan fingerprint density at radius 1 is 0.848 bits per heavy atom. The van der Waals surface area contributed by atoms with Gasteiger partial charge >= 0.3 is 0 Å². The van der Waals surface area contributed by atoms with Crippen LogP contribution in [-0.4, -0.2) is 27.2 Å². The number of anilines is 1. The zero-order chi connectivity index (χ0) is 24.3. The molecule has 0 saturated carbocycles. The molecule has 176 valence electrons. The standard InChI is InChI=1S/C26H31NO6/c1-15-11-16(2)20(14-18(15)26(3,4)5)33-23-10-9-19(32-23)25(28)27-24-21(30-7)12-17(29-6)13-22(24)31-8/h9-14H,1-8H3,(H,27,28). The molecule has 0 aliphatic carbocycles. The first-order valence-electron chi connectivity index (χ1n) is 10.6. The number of carbonyl (C=O) groups is 1. The molecule has 3 aromatic rings. The third-order valence-corrected chi connectivity index (χ3v) is 5.30. The van der Waals surface area contributed by atoms with Crippen molar-refractivity contribution in [2.45, 2.75) is 40.0 Å². The van der Waals surface area contributed by atoms with Gasteiger partial charge in [-0.25, -0.2) is 0 Å². The fraction of sp³-hybridized carbons (Fsp3) is 0.346. The van der Waals surface area contributed by atoms with Crippen LogP contribution in [0.1, 0.15) is 48.0 Å². The molecule has 1 heterocycles. The van der Waals surface area contributed by atoms with Gasteiger partial charge in [0, 0.05) is 18.2 Å². The first-order valence-corrected chi connectivity index (χ1v) is 10.6. The Morgan fingerprint density at radius 3 is 2.03 bits per heavy atom. The van der Waals surface area contributed by atoms with E-state index in [1.54, 1.807) is 24.3 Å². The second-order valence-corrected chi connectivity index (χ2v) is 8.76. The average molecular weight is 454 g/mol. The molecule has 7 nitrogen and oxygen atoms in total. The van der Waals surface area contributed by atoms with Crippen molar-refractivity contribution in [2.75, 3.05) is 26.6 Å². The SMILES string of the molecule is COc1cc(OC)c(NC(=O)c2ccc(Oc3cc(C(C)(C)C)c(C)cc3C)o2)c(OC)c1. The van der Waals surface area contributed by atoms with Crippen LogP contribution in [0.4, 0.5) is 5.69 Å². The van der Waals surface area contributed by atoms with Crippen LogP contribution in [0.3, 0.4) is 0 Å². The number of methoxy groups -OCH3 is 3. The second-order valence-electron chi connectivity index (χ2n) is 8.76. The fourth-order valence-electron chi connectivity index (χ4n) is 3.66. The van der Waals surface area contributed by atoms with Gasteiger partial charge in [-0.05, 0) is 48.1 Å². The van der Waals surface area contributed by atoms with Crippen molar-refractivity contribution in [2.24, 2.45) is 0 Å². The van der Waals surface area contributed by atoms with Gasteiger partial charge in [0.1, 0.15) is 28.7 Å². The maximum atomic E-state index is 12.9. The van der Waals surface area contributed by atoms with Gasteiger partial charge in [-0.2, -0.15) is 0 Å². The van der Waals surface area contributed by atoms with E-state index in [0.717, 1.165) is 5.56 Å². The highest BCUT2D eigenvalue weighted by atomic mass is 16.6. The molecule has 33 heavy (non-hydrogen) atoms. The Bertz CT molecular complexity index is 1130. The summed E-state index contributed by atoms with van der Waals surface area (Å²) in [6.07, 6.45) is 0. The van der Waals surface area contributed by atoms with Crippen LogP contribution < -0.4 is 24.3 Å². The highest BCUT2D eigenvalue weighted by molar-refractivity contribution is 6.04. The third-order valence-electron chi connectivity index (χ3n) is 5.30. The summed E-state index contributed by atoms with van der Waals surface area (Å²) in [4.78, 5) is 12.9. The molecule has 0 spiro atoms. The minimum atomic E-state index is -0.470. The summed E-state index contributed by atoms with van der Waals surface area (Å²) in [5.41, 5.74) is 3.71. The Balaban J connectivity index is 1.84. The Hall–Kier alpha value is -3.61. The Kier molecular flexibility index (Phi) is 6.91. The summed E-state index contributed by atoms with van der Waals surface area (Å²) in [7, 11) is 4.54. The average Bonchev–Trinajstić information content (AvgIpc) is 3.23. The van der Waals surface area contributed by atoms with Gasteiger partial charge < -0.3 is 28.7 Å². The van der Waals surface area contributed by atoms with Gasteiger partial charge in [0.25, 0.3) is 11.9 Å². The molecule has 0 radical (unpaired) electrons. The molecule has 0 saturated heterocycles. The molecule has 0 atom stereocenters. The topological polar surface area (TPSA) is 79.2 Å². The van der Waals surface area contributed by atoms with Gasteiger partial charge in [-0.1, -0.05) is 26.8 Å². The summed E-state index contributed by atoms with van der Waals surface area (Å²) in [6, 6.07) is 10.6. The van der Waals surface area contributed by atoms with E-state index < -0.39 is 5.91 Å². The minimum Gasteiger partial charge on any atom is -0.496 e. The van der Waals surface area contributed by atoms with Crippen molar-refractivity contribution in [3.8, 4) is 28.9 Å². The molecule has 7 heteroatoms. The highest BCUT2D eigenvalue weighted by Crippen LogP contribution is 2.39. The minimum absolute atomic E-state index is 0.0272. The lowest BCUT2D eigenvalue weighted by Crippen LogP contribution is -2.13. The predicted octanol–water partition coefficient (Wildman–Crippen LogP) is 6.26. The zero-order valence-corrected chi connectivity index (χ0v) is 20.4. The van der Waals surface area contributed by atoms with Gasteiger partial charge in [0.15, 0.2) is 5.76 Å². The van der Waals surface area contributed by atoms with E-state index in [4.69, 9.17) is 23.4 Å². The Labute approximate surface area is 194 Å². The third kappa shape index (κ3) is 5.25. The number of furan rings is 1. The molecule has 1 N–H and O–H groups in total. The summed E-state index contributed by atoms with van der Waals surface area (Å²) in [6.45, 7) is 10.5. The molecule has 2 aromatic carbocycles. The number of amides is 1. The van der Waals surface area contributed by atoms with E-state index in [9.17, 15) is 4.79 Å². The smallest absolute Gasteiger partial charge is 0.291 e. The Morgan fingerprint density at radius 2 is 1.48 bits per heavy atom. The summed E-state index contributed by atoms with van der Waals surface area (Å²) >= 11 is 0. The molecule has 0 unspecified atom stereocenters. The van der Waals surface area contributed by atoms with E-state index in [2.05, 4.69) is 39.1 Å². The molecule has 3 rings (SSSR count). The van der Waals surface area contributed by atoms with Crippen molar-refractivity contribution in [3.63, 3.8) is 0 Å². The summed E-state index contributed by atoms with van der Waals surface area (Å²) in [5, 5.41) is 2.78. The molecule has 1 amide bonds. The number of rotatable bonds is 7. The number of carbonyl (C=O) groups excluding carboxylic acids is 1. The van der Waals surface area contributed by atoms with Crippen molar-refractivity contribution in [1.82, 2.24) is 0 Å². The van der Waals surface area contributed by atoms with Crippen LogP contribution in [0, 0.1) is 13.8 Å². The fourth-order valence-corrected chi connectivity index (χ4v) is 3.66. The summed E-state index contributed by atoms with van der Waals surface area (Å²) in [5.74, 6) is 1.86. The number of hydrogen-bond donors (Lipinski definition) is 1. The first kappa shape index (κ1) is 24.0. The monoisotopic (exact) mass is 453 g/mol. The quantitative estimate of drug-likeness (QED) is 0.455.